The summed E-state index contributed by atoms with van der Waals surface area (Å²) in [7, 11) is 2.16. The molecule has 27 heavy (non-hydrogen) atoms. The molecule has 152 valence electrons. The summed E-state index contributed by atoms with van der Waals surface area (Å²) >= 11 is 0. The molecule has 0 amide bonds. The maximum atomic E-state index is 11.6. The van der Waals surface area contributed by atoms with Crippen LogP contribution in [0.5, 0.6) is 0 Å². The van der Waals surface area contributed by atoms with Gasteiger partial charge in [0.1, 0.15) is 12.8 Å². The van der Waals surface area contributed by atoms with Crippen LogP contribution in [0.1, 0.15) is 26.7 Å². The second kappa shape index (κ2) is 12.2. The summed E-state index contributed by atoms with van der Waals surface area (Å²) in [5, 5.41) is 0. The van der Waals surface area contributed by atoms with Crippen LogP contribution in [-0.4, -0.2) is 69.0 Å². The van der Waals surface area contributed by atoms with E-state index in [1.807, 2.05) is 0 Å². The monoisotopic (exact) mass is 392 g/mol. The van der Waals surface area contributed by atoms with Crippen molar-refractivity contribution in [3.63, 3.8) is 0 Å². The van der Waals surface area contributed by atoms with Gasteiger partial charge in [-0.15, -0.1) is 0 Å². The number of hydrogen-bond donors (Lipinski definition) is 0. The van der Waals surface area contributed by atoms with Crippen LogP contribution in [0.25, 0.3) is 0 Å². The highest BCUT2D eigenvalue weighted by Crippen LogP contribution is 2.02. The molecule has 0 saturated carbocycles. The van der Waals surface area contributed by atoms with Crippen molar-refractivity contribution in [1.82, 2.24) is 0 Å². The molecule has 0 N–H and O–H groups in total. The average molecular weight is 392 g/mol. The minimum atomic E-state index is -1.36. The normalized spacial score (nSPS) is 12.0. The zero-order valence-electron chi connectivity index (χ0n) is 15.2. The molecule has 0 rings (SSSR count). The van der Waals surface area contributed by atoms with Crippen LogP contribution < -0.4 is 0 Å². The highest BCUT2D eigenvalue weighted by molar-refractivity contribution is 5.93. The summed E-state index contributed by atoms with van der Waals surface area (Å²) in [4.78, 5) is 67.5. The van der Waals surface area contributed by atoms with E-state index < -0.39 is 67.7 Å². The van der Waals surface area contributed by atoms with E-state index in [4.69, 9.17) is 0 Å². The number of carbonyl (C=O) groups excluding carboxylic acids is 6. The second-order valence-electron chi connectivity index (χ2n) is 4.81. The molecule has 2 unspecified atom stereocenters. The van der Waals surface area contributed by atoms with Crippen LogP contribution in [0.4, 0.5) is 0 Å². The van der Waals surface area contributed by atoms with Gasteiger partial charge in [-0.1, -0.05) is 0 Å². The van der Waals surface area contributed by atoms with E-state index in [9.17, 15) is 28.8 Å². The smallest absolute Gasteiger partial charge is 0.350 e. The number of rotatable bonds is 10. The first-order chi connectivity index (χ1) is 12.6. The average Bonchev–Trinajstić information content (AvgIpc) is 2.60. The first-order valence-corrected chi connectivity index (χ1v) is 7.46. The Morgan fingerprint density at radius 3 is 1.26 bits per heavy atom. The number of carbonyl (C=O) groups is 6. The number of esters is 6. The fraction of sp³-hybridized carbons (Fsp3) is 0.600. The largest absolute Gasteiger partial charge is 0.469 e. The molecule has 0 radical (unpaired) electrons. The van der Waals surface area contributed by atoms with Gasteiger partial charge in [0.15, 0.2) is 12.2 Å². The zero-order chi connectivity index (χ0) is 21.0. The fourth-order valence-electron chi connectivity index (χ4n) is 1.33. The lowest BCUT2D eigenvalue weighted by molar-refractivity contribution is -0.186. The highest BCUT2D eigenvalue weighted by atomic mass is 16.7. The van der Waals surface area contributed by atoms with Crippen LogP contribution in [0.2, 0.25) is 0 Å². The molecule has 12 heteroatoms. The van der Waals surface area contributed by atoms with Gasteiger partial charge >= 0.3 is 35.8 Å². The first kappa shape index (κ1) is 23.8. The molecule has 0 spiro atoms. The Bertz CT molecular complexity index is 531. The lowest BCUT2D eigenvalue weighted by Gasteiger charge is -2.14. The summed E-state index contributed by atoms with van der Waals surface area (Å²) in [5.74, 6) is -5.79. The highest BCUT2D eigenvalue weighted by Gasteiger charge is 2.24. The van der Waals surface area contributed by atoms with Crippen molar-refractivity contribution < 1.29 is 57.2 Å². The summed E-state index contributed by atoms with van der Waals surface area (Å²) < 4.78 is 26.9. The molecule has 2 atom stereocenters. The van der Waals surface area contributed by atoms with E-state index in [2.05, 4.69) is 28.4 Å². The molecule has 0 aromatic heterocycles. The lowest BCUT2D eigenvalue weighted by Crippen LogP contribution is -2.31. The predicted molar refractivity (Wildman–Crippen MR) is 81.4 cm³/mol. The lowest BCUT2D eigenvalue weighted by atomic mass is 10.4. The van der Waals surface area contributed by atoms with Crippen molar-refractivity contribution in [3.8, 4) is 0 Å². The maximum Gasteiger partial charge on any atom is 0.350 e. The van der Waals surface area contributed by atoms with Gasteiger partial charge in [0.05, 0.1) is 14.2 Å². The minimum absolute atomic E-state index is 0.683. The van der Waals surface area contributed by atoms with Crippen molar-refractivity contribution in [2.45, 2.75) is 38.9 Å². The fourth-order valence-corrected chi connectivity index (χ4v) is 1.33. The van der Waals surface area contributed by atoms with Crippen molar-refractivity contribution in [2.75, 3.05) is 21.0 Å². The van der Waals surface area contributed by atoms with Gasteiger partial charge in [-0.05, 0) is 13.8 Å². The van der Waals surface area contributed by atoms with Crippen LogP contribution in [0.3, 0.4) is 0 Å². The molecular formula is C15H20O12. The molecule has 0 aromatic rings. The van der Waals surface area contributed by atoms with Crippen LogP contribution in [-0.2, 0) is 57.2 Å². The third-order valence-electron chi connectivity index (χ3n) is 2.72. The quantitative estimate of drug-likeness (QED) is 0.194. The third kappa shape index (κ3) is 10.4. The molecule has 0 aliphatic carbocycles. The Kier molecular flexibility index (Phi) is 10.8. The first-order valence-electron chi connectivity index (χ1n) is 7.46. The van der Waals surface area contributed by atoms with Gasteiger partial charge in [0.2, 0.25) is 6.79 Å². The summed E-state index contributed by atoms with van der Waals surface area (Å²) in [5.41, 5.74) is 0. The van der Waals surface area contributed by atoms with E-state index in [-0.39, 0.29) is 0 Å². The van der Waals surface area contributed by atoms with Gasteiger partial charge in [-0.3, -0.25) is 19.2 Å². The zero-order valence-corrected chi connectivity index (χ0v) is 15.2. The molecular weight excluding hydrogens is 372 g/mol. The standard InChI is InChI=1S/C15H20O12/c1-8(26-12(18)5-10(16)22-3)14(20)24-7-25-15(21)9(2)27-13(19)6-11(17)23-4/h8-9H,5-7H2,1-4H3. The third-order valence-corrected chi connectivity index (χ3v) is 2.72. The molecule has 0 fully saturated rings. The van der Waals surface area contributed by atoms with Crippen molar-refractivity contribution in [3.05, 3.63) is 0 Å². The summed E-state index contributed by atoms with van der Waals surface area (Å²) in [6.07, 6.45) is -4.10. The van der Waals surface area contributed by atoms with E-state index in [1.54, 1.807) is 0 Å². The Morgan fingerprint density at radius 2 is 0.963 bits per heavy atom. The minimum Gasteiger partial charge on any atom is -0.469 e. The van der Waals surface area contributed by atoms with Crippen LogP contribution in [0.15, 0.2) is 0 Å². The number of ether oxygens (including phenoxy) is 6. The Hall–Kier alpha value is -3.18. The van der Waals surface area contributed by atoms with Crippen LogP contribution in [0, 0.1) is 0 Å². The van der Waals surface area contributed by atoms with E-state index in [1.165, 1.54) is 13.8 Å². The van der Waals surface area contributed by atoms with Crippen molar-refractivity contribution in [2.24, 2.45) is 0 Å². The van der Waals surface area contributed by atoms with Crippen molar-refractivity contribution in [1.29, 1.82) is 0 Å². The topological polar surface area (TPSA) is 158 Å². The van der Waals surface area contributed by atoms with Gasteiger partial charge in [-0.25, -0.2) is 9.59 Å². The molecule has 0 saturated heterocycles. The van der Waals surface area contributed by atoms with E-state index in [0.717, 1.165) is 14.2 Å². The molecule has 0 aliphatic heterocycles. The SMILES string of the molecule is COC(=O)CC(=O)OC(C)C(=O)OCOC(=O)C(C)OC(=O)CC(=O)OC. The van der Waals surface area contributed by atoms with Crippen LogP contribution >= 0.6 is 0 Å². The Morgan fingerprint density at radius 1 is 0.630 bits per heavy atom. The molecule has 0 aromatic carbocycles. The van der Waals surface area contributed by atoms with Gasteiger partial charge in [-0.2, -0.15) is 0 Å². The predicted octanol–water partition coefficient (Wildman–Crippen LogP) is -0.980. The molecule has 0 heterocycles. The Labute approximate surface area is 153 Å². The maximum absolute atomic E-state index is 11.6. The second-order valence-corrected chi connectivity index (χ2v) is 4.81. The number of hydrogen-bond acceptors (Lipinski definition) is 12. The molecule has 0 bridgehead atoms. The van der Waals surface area contributed by atoms with Gasteiger partial charge < -0.3 is 28.4 Å². The van der Waals surface area contributed by atoms with E-state index >= 15 is 0 Å². The summed E-state index contributed by atoms with van der Waals surface area (Å²) in [6.45, 7) is 1.52. The van der Waals surface area contributed by atoms with Crippen molar-refractivity contribution >= 4 is 35.8 Å². The molecule has 0 aliphatic rings. The van der Waals surface area contributed by atoms with Gasteiger partial charge in [0, 0.05) is 0 Å². The summed E-state index contributed by atoms with van der Waals surface area (Å²) in [6, 6.07) is 0. The van der Waals surface area contributed by atoms with E-state index in [0.29, 0.717) is 0 Å². The Balaban J connectivity index is 4.18. The molecule has 12 nitrogen and oxygen atoms in total. The number of methoxy groups -OCH3 is 2. The van der Waals surface area contributed by atoms with Gasteiger partial charge in [0.25, 0.3) is 0 Å².